The zero-order valence-corrected chi connectivity index (χ0v) is 21.8. The Labute approximate surface area is 220 Å². The number of carboxylic acid groups (broad SMARTS) is 1. The lowest BCUT2D eigenvalue weighted by atomic mass is 10.0. The van der Waals surface area contributed by atoms with Crippen LogP contribution in [0.1, 0.15) is 31.8 Å². The Bertz CT molecular complexity index is 1430. The quantitative estimate of drug-likeness (QED) is 0.245. The van der Waals surface area contributed by atoms with Crippen LogP contribution < -0.4 is 14.4 Å². The molecule has 0 amide bonds. The summed E-state index contributed by atoms with van der Waals surface area (Å²) < 4.78 is 10.7. The second-order valence-corrected chi connectivity index (χ2v) is 9.59. The third-order valence-electron chi connectivity index (χ3n) is 5.94. The van der Waals surface area contributed by atoms with Gasteiger partial charge in [-0.2, -0.15) is 0 Å². The van der Waals surface area contributed by atoms with E-state index in [-0.39, 0.29) is 11.3 Å². The van der Waals surface area contributed by atoms with Gasteiger partial charge in [0.1, 0.15) is 0 Å². The minimum atomic E-state index is -1.10. The molecule has 6 nitrogen and oxygen atoms in total. The van der Waals surface area contributed by atoms with Gasteiger partial charge in [-0.25, -0.2) is 4.79 Å². The predicted molar refractivity (Wildman–Crippen MR) is 146 cm³/mol. The van der Waals surface area contributed by atoms with Crippen molar-refractivity contribution in [3.63, 3.8) is 0 Å². The molecule has 0 saturated heterocycles. The van der Waals surface area contributed by atoms with Crippen LogP contribution in [0.3, 0.4) is 0 Å². The molecule has 188 valence electrons. The number of carbonyl (C=O) groups is 2. The van der Waals surface area contributed by atoms with E-state index >= 15 is 0 Å². The normalized spacial score (nSPS) is 10.6. The third kappa shape index (κ3) is 5.95. The van der Waals surface area contributed by atoms with Gasteiger partial charge in [0, 0.05) is 39.3 Å². The van der Waals surface area contributed by atoms with Gasteiger partial charge in [0.25, 0.3) is 0 Å². The van der Waals surface area contributed by atoms with Crippen molar-refractivity contribution < 1.29 is 24.2 Å². The van der Waals surface area contributed by atoms with Crippen LogP contribution in [0, 0.1) is 6.92 Å². The number of benzene rings is 4. The second kappa shape index (κ2) is 11.2. The number of ether oxygens (including phenoxy) is 2. The average Bonchev–Trinajstić information content (AvgIpc) is 2.92. The van der Waals surface area contributed by atoms with Gasteiger partial charge in [0.2, 0.25) is 0 Å². The third-order valence-corrected chi connectivity index (χ3v) is 6.91. The molecule has 0 aromatic heterocycles. The molecule has 0 aliphatic rings. The molecule has 0 radical (unpaired) electrons. The fraction of sp³-hybridized carbons (Fsp3) is 0.133. The molecule has 4 aromatic carbocycles. The summed E-state index contributed by atoms with van der Waals surface area (Å²) in [7, 11) is 5.08. The number of methoxy groups -OCH3 is 2. The summed E-state index contributed by atoms with van der Waals surface area (Å²) >= 11 is 1.34. The largest absolute Gasteiger partial charge is 0.493 e. The molecule has 7 heteroatoms. The smallest absolute Gasteiger partial charge is 0.335 e. The first kappa shape index (κ1) is 25.9. The molecule has 37 heavy (non-hydrogen) atoms. The molecule has 0 fully saturated rings. The molecule has 1 N–H and O–H groups in total. The molecular formula is C30H27NO5S. The van der Waals surface area contributed by atoms with Crippen LogP contribution in [0.2, 0.25) is 0 Å². The van der Waals surface area contributed by atoms with Gasteiger partial charge in [0.05, 0.1) is 19.8 Å². The molecular weight excluding hydrogens is 486 g/mol. The van der Waals surface area contributed by atoms with E-state index in [1.54, 1.807) is 44.6 Å². The van der Waals surface area contributed by atoms with E-state index in [0.717, 1.165) is 16.3 Å². The van der Waals surface area contributed by atoms with Crippen LogP contribution in [0.5, 0.6) is 11.5 Å². The molecule has 0 unspecified atom stereocenters. The molecule has 0 saturated carbocycles. The Morgan fingerprint density at radius 1 is 0.703 bits per heavy atom. The monoisotopic (exact) mass is 513 g/mol. The van der Waals surface area contributed by atoms with Gasteiger partial charge >= 0.3 is 5.97 Å². The van der Waals surface area contributed by atoms with Crippen molar-refractivity contribution in [3.05, 3.63) is 107 Å². The number of hydrogen-bond donors (Lipinski definition) is 1. The number of nitrogens with zero attached hydrogens (tertiary/aromatic N) is 1. The lowest BCUT2D eigenvalue weighted by Crippen LogP contribution is -2.10. The minimum Gasteiger partial charge on any atom is -0.493 e. The summed E-state index contributed by atoms with van der Waals surface area (Å²) in [4.78, 5) is 28.7. The molecule has 0 heterocycles. The number of hydrogen-bond acceptors (Lipinski definition) is 6. The molecule has 0 atom stereocenters. The summed E-state index contributed by atoms with van der Waals surface area (Å²) in [5.41, 5.74) is 3.99. The van der Waals surface area contributed by atoms with Gasteiger partial charge in [-0.05, 0) is 79.7 Å². The lowest BCUT2D eigenvalue weighted by Gasteiger charge is -2.20. The number of aryl methyl sites for hydroxylation is 1. The van der Waals surface area contributed by atoms with Crippen molar-refractivity contribution in [3.8, 4) is 11.5 Å². The van der Waals surface area contributed by atoms with Crippen LogP contribution in [0.15, 0.2) is 94.7 Å². The summed E-state index contributed by atoms with van der Waals surface area (Å²) in [6.07, 6.45) is 0. The summed E-state index contributed by atoms with van der Waals surface area (Å²) in [6.45, 7) is 2.04. The minimum absolute atomic E-state index is 0.0459. The van der Waals surface area contributed by atoms with Gasteiger partial charge in [-0.1, -0.05) is 29.5 Å². The zero-order valence-electron chi connectivity index (χ0n) is 21.0. The number of carboxylic acids is 1. The predicted octanol–water partition coefficient (Wildman–Crippen LogP) is 6.86. The van der Waals surface area contributed by atoms with Crippen LogP contribution >= 0.6 is 11.8 Å². The topological polar surface area (TPSA) is 76.1 Å². The number of rotatable bonds is 9. The van der Waals surface area contributed by atoms with Gasteiger partial charge < -0.3 is 19.5 Å². The first-order valence-corrected chi connectivity index (χ1v) is 12.3. The first-order valence-electron chi connectivity index (χ1n) is 11.5. The van der Waals surface area contributed by atoms with E-state index in [1.165, 1.54) is 23.4 Å². The summed E-state index contributed by atoms with van der Waals surface area (Å²) in [6, 6.07) is 25.6. The van der Waals surface area contributed by atoms with Crippen LogP contribution in [0.4, 0.5) is 11.4 Å². The standard InChI is InChI=1S/C30H27NO5S/c1-19-5-9-23(10-6-19)31(2)24-11-7-20(8-12-24)29(32)21-15-22(30(33)34)17-26(16-21)37-25-13-14-27(35-3)28(18-25)36-4/h5-18H,1-4H3,(H,33,34). The molecule has 0 bridgehead atoms. The van der Waals surface area contributed by atoms with Crippen LogP contribution in [0.25, 0.3) is 0 Å². The number of anilines is 2. The molecule has 4 aromatic rings. The van der Waals surface area contributed by atoms with Crippen molar-refractivity contribution in [2.24, 2.45) is 0 Å². The van der Waals surface area contributed by atoms with E-state index in [0.29, 0.717) is 27.5 Å². The number of aromatic carboxylic acids is 1. The van der Waals surface area contributed by atoms with E-state index < -0.39 is 5.97 Å². The Hall–Kier alpha value is -4.23. The number of ketones is 1. The van der Waals surface area contributed by atoms with E-state index in [1.807, 2.05) is 55.3 Å². The fourth-order valence-electron chi connectivity index (χ4n) is 3.85. The summed E-state index contributed by atoms with van der Waals surface area (Å²) in [5.74, 6) is -0.187. The maximum Gasteiger partial charge on any atom is 0.335 e. The number of carbonyl (C=O) groups excluding carboxylic acids is 1. The SMILES string of the molecule is COc1ccc(Sc2cc(C(=O)O)cc(C(=O)c3ccc(N(C)c4ccc(C)cc4)cc3)c2)cc1OC. The fourth-order valence-corrected chi connectivity index (χ4v) is 4.80. The van der Waals surface area contributed by atoms with Crippen LogP contribution in [-0.4, -0.2) is 38.1 Å². The Balaban J connectivity index is 1.60. The second-order valence-electron chi connectivity index (χ2n) is 8.44. The molecule has 0 spiro atoms. The highest BCUT2D eigenvalue weighted by atomic mass is 32.2. The maximum atomic E-state index is 13.3. The average molecular weight is 514 g/mol. The lowest BCUT2D eigenvalue weighted by molar-refractivity contribution is 0.0696. The van der Waals surface area contributed by atoms with Crippen LogP contribution in [-0.2, 0) is 0 Å². The highest BCUT2D eigenvalue weighted by Crippen LogP contribution is 2.36. The van der Waals surface area contributed by atoms with Crippen molar-refractivity contribution in [1.29, 1.82) is 0 Å². The molecule has 0 aliphatic carbocycles. The molecule has 0 aliphatic heterocycles. The first-order chi connectivity index (χ1) is 17.8. The van der Waals surface area contributed by atoms with Crippen molar-refractivity contribution in [1.82, 2.24) is 0 Å². The van der Waals surface area contributed by atoms with Gasteiger partial charge in [0.15, 0.2) is 17.3 Å². The van der Waals surface area contributed by atoms with Crippen molar-refractivity contribution >= 4 is 34.9 Å². The van der Waals surface area contributed by atoms with E-state index in [4.69, 9.17) is 9.47 Å². The summed E-state index contributed by atoms with van der Waals surface area (Å²) in [5, 5.41) is 9.66. The highest BCUT2D eigenvalue weighted by Gasteiger charge is 2.16. The molecule has 4 rings (SSSR count). The van der Waals surface area contributed by atoms with Gasteiger partial charge in [-0.3, -0.25) is 4.79 Å². The Morgan fingerprint density at radius 3 is 1.89 bits per heavy atom. The van der Waals surface area contributed by atoms with Crippen molar-refractivity contribution in [2.45, 2.75) is 16.7 Å². The van der Waals surface area contributed by atoms with E-state index in [9.17, 15) is 14.7 Å². The van der Waals surface area contributed by atoms with Gasteiger partial charge in [-0.15, -0.1) is 0 Å². The maximum absolute atomic E-state index is 13.3. The highest BCUT2D eigenvalue weighted by molar-refractivity contribution is 7.99. The Morgan fingerprint density at radius 2 is 1.30 bits per heavy atom. The van der Waals surface area contributed by atoms with E-state index in [2.05, 4.69) is 12.1 Å². The van der Waals surface area contributed by atoms with Crippen molar-refractivity contribution in [2.75, 3.05) is 26.2 Å². The Kier molecular flexibility index (Phi) is 7.84. The zero-order chi connectivity index (χ0) is 26.5.